The maximum Gasteiger partial charge on any atom is 0.153 e. The molecule has 1 aromatic heterocycles. The quantitative estimate of drug-likeness (QED) is 0.889. The lowest BCUT2D eigenvalue weighted by Gasteiger charge is -2.30. The maximum atomic E-state index is 11.5. The second-order valence-corrected chi connectivity index (χ2v) is 7.53. The van der Waals surface area contributed by atoms with Gasteiger partial charge in [-0.2, -0.15) is 0 Å². The number of hydrogen-bond acceptors (Lipinski definition) is 5. The summed E-state index contributed by atoms with van der Waals surface area (Å²) in [6, 6.07) is 4.22. The zero-order valence-corrected chi connectivity index (χ0v) is 13.0. The van der Waals surface area contributed by atoms with Gasteiger partial charge in [-0.1, -0.05) is 13.0 Å². The number of pyridine rings is 1. The Morgan fingerprint density at radius 1 is 1.40 bits per heavy atom. The molecule has 0 radical (unpaired) electrons. The van der Waals surface area contributed by atoms with E-state index in [-0.39, 0.29) is 17.5 Å². The molecule has 1 saturated heterocycles. The minimum atomic E-state index is -2.86. The summed E-state index contributed by atoms with van der Waals surface area (Å²) in [4.78, 5) is 6.55. The first kappa shape index (κ1) is 15.3. The van der Waals surface area contributed by atoms with E-state index in [1.807, 2.05) is 6.07 Å². The lowest BCUT2D eigenvalue weighted by Crippen LogP contribution is -2.41. The van der Waals surface area contributed by atoms with Crippen LogP contribution in [0.1, 0.15) is 31.9 Å². The number of nitrogens with zero attached hydrogens (tertiary/aromatic N) is 2. The van der Waals surface area contributed by atoms with Gasteiger partial charge in [-0.3, -0.25) is 0 Å². The van der Waals surface area contributed by atoms with Crippen molar-refractivity contribution in [1.82, 2.24) is 10.3 Å². The fraction of sp³-hybridized carbons (Fsp3) is 0.643. The smallest absolute Gasteiger partial charge is 0.153 e. The highest BCUT2D eigenvalue weighted by atomic mass is 32.2. The number of anilines is 1. The van der Waals surface area contributed by atoms with Crippen LogP contribution in [0.4, 0.5) is 5.82 Å². The summed E-state index contributed by atoms with van der Waals surface area (Å²) >= 11 is 0. The van der Waals surface area contributed by atoms with Gasteiger partial charge in [0.2, 0.25) is 0 Å². The average molecular weight is 297 g/mol. The van der Waals surface area contributed by atoms with E-state index in [4.69, 9.17) is 0 Å². The third-order valence-electron chi connectivity index (χ3n) is 3.63. The van der Waals surface area contributed by atoms with Crippen molar-refractivity contribution in [2.24, 2.45) is 0 Å². The molecule has 0 bridgehead atoms. The molecule has 1 unspecified atom stereocenters. The molecular weight excluding hydrogens is 274 g/mol. The molecule has 1 aromatic rings. The first-order chi connectivity index (χ1) is 9.53. The largest absolute Gasteiger partial charge is 0.354 e. The van der Waals surface area contributed by atoms with Crippen molar-refractivity contribution in [1.29, 1.82) is 0 Å². The van der Waals surface area contributed by atoms with Gasteiger partial charge >= 0.3 is 0 Å². The van der Waals surface area contributed by atoms with Crippen LogP contribution in [0.5, 0.6) is 0 Å². The lowest BCUT2D eigenvalue weighted by molar-refractivity contribution is 0.565. The lowest BCUT2D eigenvalue weighted by atomic mass is 10.1. The molecule has 20 heavy (non-hydrogen) atoms. The summed E-state index contributed by atoms with van der Waals surface area (Å²) < 4.78 is 23.1. The maximum absolute atomic E-state index is 11.5. The highest BCUT2D eigenvalue weighted by Crippen LogP contribution is 2.25. The normalized spacial score (nSPS) is 19.8. The van der Waals surface area contributed by atoms with Crippen molar-refractivity contribution in [2.45, 2.75) is 26.3 Å². The number of rotatable bonds is 5. The third kappa shape index (κ3) is 3.70. The molecule has 1 atom stereocenters. The summed E-state index contributed by atoms with van der Waals surface area (Å²) in [7, 11) is -2.86. The SMILES string of the molecule is CCCNC(C)c1cccnc1N1CCS(=O)(=O)CC1. The van der Waals surface area contributed by atoms with Gasteiger partial charge in [0.15, 0.2) is 9.84 Å². The number of sulfone groups is 1. The van der Waals surface area contributed by atoms with Crippen LogP contribution in [-0.4, -0.2) is 44.5 Å². The van der Waals surface area contributed by atoms with Gasteiger partial charge in [-0.25, -0.2) is 13.4 Å². The van der Waals surface area contributed by atoms with Gasteiger partial charge in [0.05, 0.1) is 11.5 Å². The fourth-order valence-electron chi connectivity index (χ4n) is 2.41. The molecule has 1 aliphatic heterocycles. The minimum Gasteiger partial charge on any atom is -0.354 e. The average Bonchev–Trinajstić information content (AvgIpc) is 2.45. The highest BCUT2D eigenvalue weighted by Gasteiger charge is 2.24. The van der Waals surface area contributed by atoms with E-state index >= 15 is 0 Å². The van der Waals surface area contributed by atoms with E-state index < -0.39 is 9.84 Å². The van der Waals surface area contributed by atoms with Crippen LogP contribution in [0.2, 0.25) is 0 Å². The second-order valence-electron chi connectivity index (χ2n) is 5.23. The molecule has 112 valence electrons. The van der Waals surface area contributed by atoms with Gasteiger partial charge in [0, 0.05) is 30.9 Å². The van der Waals surface area contributed by atoms with Crippen molar-refractivity contribution >= 4 is 15.7 Å². The molecule has 1 aliphatic rings. The number of aromatic nitrogens is 1. The summed E-state index contributed by atoms with van der Waals surface area (Å²) in [5.41, 5.74) is 1.14. The Balaban J connectivity index is 2.16. The van der Waals surface area contributed by atoms with Crippen molar-refractivity contribution in [3.8, 4) is 0 Å². The molecule has 2 heterocycles. The molecule has 0 spiro atoms. The molecule has 0 amide bonds. The topological polar surface area (TPSA) is 62.3 Å². The van der Waals surface area contributed by atoms with E-state index in [1.54, 1.807) is 6.20 Å². The van der Waals surface area contributed by atoms with E-state index in [1.165, 1.54) is 0 Å². The highest BCUT2D eigenvalue weighted by molar-refractivity contribution is 7.91. The molecule has 1 fully saturated rings. The van der Waals surface area contributed by atoms with Crippen LogP contribution in [-0.2, 0) is 9.84 Å². The Morgan fingerprint density at radius 2 is 2.10 bits per heavy atom. The molecular formula is C14H23N3O2S. The van der Waals surface area contributed by atoms with Crippen LogP contribution < -0.4 is 10.2 Å². The molecule has 0 saturated carbocycles. The zero-order valence-electron chi connectivity index (χ0n) is 12.2. The minimum absolute atomic E-state index is 0.220. The monoisotopic (exact) mass is 297 g/mol. The molecule has 2 rings (SSSR count). The Kier molecular flexibility index (Phi) is 4.99. The number of hydrogen-bond donors (Lipinski definition) is 1. The molecule has 6 heteroatoms. The van der Waals surface area contributed by atoms with Crippen LogP contribution in [0.3, 0.4) is 0 Å². The van der Waals surface area contributed by atoms with Crippen LogP contribution in [0, 0.1) is 0 Å². The van der Waals surface area contributed by atoms with Gasteiger partial charge < -0.3 is 10.2 Å². The van der Waals surface area contributed by atoms with Crippen LogP contribution >= 0.6 is 0 Å². The van der Waals surface area contributed by atoms with Crippen LogP contribution in [0.25, 0.3) is 0 Å². The molecule has 1 N–H and O–H groups in total. The first-order valence-electron chi connectivity index (χ1n) is 7.17. The summed E-state index contributed by atoms with van der Waals surface area (Å²) in [5, 5.41) is 3.46. The predicted molar refractivity (Wildman–Crippen MR) is 81.8 cm³/mol. The van der Waals surface area contributed by atoms with Crippen molar-refractivity contribution in [3.63, 3.8) is 0 Å². The van der Waals surface area contributed by atoms with Gasteiger partial charge in [-0.05, 0) is 26.0 Å². The van der Waals surface area contributed by atoms with Gasteiger partial charge in [0.1, 0.15) is 5.82 Å². The second kappa shape index (κ2) is 6.54. The van der Waals surface area contributed by atoms with Crippen molar-refractivity contribution < 1.29 is 8.42 Å². The Bertz CT molecular complexity index is 531. The van der Waals surface area contributed by atoms with E-state index in [0.29, 0.717) is 13.1 Å². The Hall–Kier alpha value is -1.14. The fourth-order valence-corrected chi connectivity index (χ4v) is 3.61. The third-order valence-corrected chi connectivity index (χ3v) is 5.24. The zero-order chi connectivity index (χ0) is 14.6. The Labute approximate surface area is 121 Å². The summed E-state index contributed by atoms with van der Waals surface area (Å²) in [5.74, 6) is 1.36. The Morgan fingerprint density at radius 3 is 2.75 bits per heavy atom. The van der Waals surface area contributed by atoms with E-state index in [0.717, 1.165) is 24.3 Å². The van der Waals surface area contributed by atoms with E-state index in [9.17, 15) is 8.42 Å². The molecule has 0 aliphatic carbocycles. The first-order valence-corrected chi connectivity index (χ1v) is 8.99. The molecule has 5 nitrogen and oxygen atoms in total. The van der Waals surface area contributed by atoms with Crippen LogP contribution in [0.15, 0.2) is 18.3 Å². The molecule has 0 aromatic carbocycles. The van der Waals surface area contributed by atoms with Crippen molar-refractivity contribution in [2.75, 3.05) is 36.0 Å². The van der Waals surface area contributed by atoms with Crippen molar-refractivity contribution in [3.05, 3.63) is 23.9 Å². The van der Waals surface area contributed by atoms with Gasteiger partial charge in [0.25, 0.3) is 0 Å². The predicted octanol–water partition coefficient (Wildman–Crippen LogP) is 1.38. The van der Waals surface area contributed by atoms with Gasteiger partial charge in [-0.15, -0.1) is 0 Å². The van der Waals surface area contributed by atoms with E-state index in [2.05, 4.69) is 35.1 Å². The summed E-state index contributed by atoms with van der Waals surface area (Å²) in [6.07, 6.45) is 2.86. The number of nitrogens with one attached hydrogen (secondary N) is 1. The standard InChI is InChI=1S/C14H23N3O2S/c1-3-6-15-12(2)13-5-4-7-16-14(13)17-8-10-20(18,19)11-9-17/h4-5,7,12,15H,3,6,8-11H2,1-2H3. The summed E-state index contributed by atoms with van der Waals surface area (Å²) in [6.45, 7) is 6.29.